The van der Waals surface area contributed by atoms with E-state index in [1.165, 1.54) is 59.7 Å². The van der Waals surface area contributed by atoms with Gasteiger partial charge in [-0.1, -0.05) is 38.8 Å². The molecule has 0 N–H and O–H groups in total. The van der Waals surface area contributed by atoms with Crippen molar-refractivity contribution in [2.24, 2.45) is 0 Å². The first-order chi connectivity index (χ1) is 15.6. The maximum Gasteiger partial charge on any atom is 0.195 e. The Kier molecular flexibility index (Phi) is 5.69. The Morgan fingerprint density at radius 2 is 1.25 bits per heavy atom. The number of halogens is 1. The highest BCUT2D eigenvalue weighted by atomic mass is 32.1. The van der Waals surface area contributed by atoms with Crippen molar-refractivity contribution in [2.45, 2.75) is 52.4 Å². The van der Waals surface area contributed by atoms with Gasteiger partial charge >= 0.3 is 0 Å². The largest absolute Gasteiger partial charge is 0.289 e. The van der Waals surface area contributed by atoms with E-state index in [0.29, 0.717) is 10.8 Å². The minimum Gasteiger partial charge on any atom is -0.289 e. The predicted molar refractivity (Wildman–Crippen MR) is 138 cm³/mol. The first-order valence-electron chi connectivity index (χ1n) is 11.6. The quantitative estimate of drug-likeness (QED) is 0.241. The van der Waals surface area contributed by atoms with Crippen molar-refractivity contribution in [3.63, 3.8) is 0 Å². The summed E-state index contributed by atoms with van der Waals surface area (Å²) in [6.45, 7) is 4.48. The number of aryl methyl sites for hydroxylation is 2. The van der Waals surface area contributed by atoms with E-state index in [2.05, 4.69) is 44.2 Å². The Bertz CT molecular complexity index is 1530. The second-order valence-corrected chi connectivity index (χ2v) is 9.88. The fourth-order valence-corrected chi connectivity index (χ4v) is 5.75. The lowest BCUT2D eigenvalue weighted by molar-refractivity contribution is 0.630. The van der Waals surface area contributed by atoms with E-state index in [4.69, 9.17) is 0 Å². The van der Waals surface area contributed by atoms with Crippen LogP contribution < -0.4 is 5.43 Å². The molecule has 0 spiro atoms. The Morgan fingerprint density at radius 1 is 0.688 bits per heavy atom. The maximum absolute atomic E-state index is 13.7. The van der Waals surface area contributed by atoms with E-state index in [1.54, 1.807) is 17.4 Å². The van der Waals surface area contributed by atoms with E-state index in [-0.39, 0.29) is 11.2 Å². The normalized spacial score (nSPS) is 11.8. The zero-order valence-electron chi connectivity index (χ0n) is 18.6. The number of rotatable bonds is 6. The summed E-state index contributed by atoms with van der Waals surface area (Å²) in [4.78, 5) is 13.1. The summed E-state index contributed by atoms with van der Waals surface area (Å²) in [5.74, 6) is -0.369. The predicted octanol–water partition coefficient (Wildman–Crippen LogP) is 8.55. The first kappa shape index (κ1) is 21.1. The van der Waals surface area contributed by atoms with Crippen LogP contribution in [0, 0.1) is 5.82 Å². The van der Waals surface area contributed by atoms with Gasteiger partial charge in [0.05, 0.1) is 0 Å². The molecule has 3 heteroatoms. The second kappa shape index (κ2) is 8.63. The molecule has 0 amide bonds. The van der Waals surface area contributed by atoms with Crippen LogP contribution in [0.1, 0.15) is 50.7 Å². The van der Waals surface area contributed by atoms with Crippen LogP contribution in [0.4, 0.5) is 4.39 Å². The van der Waals surface area contributed by atoms with Gasteiger partial charge in [-0.2, -0.15) is 0 Å². The molecule has 1 nitrogen and oxygen atoms in total. The van der Waals surface area contributed by atoms with Gasteiger partial charge in [0.1, 0.15) is 5.82 Å². The summed E-state index contributed by atoms with van der Waals surface area (Å²) < 4.78 is 15.5. The minimum atomic E-state index is -0.369. The smallest absolute Gasteiger partial charge is 0.195 e. The number of hydrogen-bond donors (Lipinski definition) is 0. The summed E-state index contributed by atoms with van der Waals surface area (Å²) in [5, 5.41) is 5.83. The first-order valence-corrected chi connectivity index (χ1v) is 12.4. The summed E-state index contributed by atoms with van der Waals surface area (Å²) in [6.07, 6.45) is 7.05. The second-order valence-electron chi connectivity index (χ2n) is 8.79. The average Bonchev–Trinajstić information content (AvgIpc) is 2.79. The molecule has 1 heterocycles. The SMILES string of the molecule is CCCCc1cc2cc3cc4sc5ccc(F)cc5c(=O)c4cc3cc2cc1CCCC. The fraction of sp³-hybridized carbons (Fsp3) is 0.276. The van der Waals surface area contributed by atoms with Crippen molar-refractivity contribution in [1.82, 2.24) is 0 Å². The Morgan fingerprint density at radius 3 is 1.88 bits per heavy atom. The molecule has 0 unspecified atom stereocenters. The lowest BCUT2D eigenvalue weighted by atomic mass is 9.92. The summed E-state index contributed by atoms with van der Waals surface area (Å²) >= 11 is 1.55. The Balaban J connectivity index is 1.74. The van der Waals surface area contributed by atoms with E-state index in [9.17, 15) is 9.18 Å². The van der Waals surface area contributed by atoms with Gasteiger partial charge < -0.3 is 0 Å². The van der Waals surface area contributed by atoms with Crippen molar-refractivity contribution in [2.75, 3.05) is 0 Å². The van der Waals surface area contributed by atoms with E-state index in [1.807, 2.05) is 6.07 Å². The highest BCUT2D eigenvalue weighted by Gasteiger charge is 2.11. The molecule has 5 aromatic rings. The van der Waals surface area contributed by atoms with Crippen LogP contribution in [0.2, 0.25) is 0 Å². The van der Waals surface area contributed by atoms with Gasteiger partial charge in [-0.3, -0.25) is 4.79 Å². The van der Waals surface area contributed by atoms with Gasteiger partial charge in [0.25, 0.3) is 0 Å². The fourth-order valence-electron chi connectivity index (χ4n) is 4.67. The van der Waals surface area contributed by atoms with Crippen LogP contribution in [-0.2, 0) is 12.8 Å². The molecule has 0 radical (unpaired) electrons. The van der Waals surface area contributed by atoms with Crippen LogP contribution in [0.3, 0.4) is 0 Å². The molecule has 32 heavy (non-hydrogen) atoms. The Hall–Kier alpha value is -2.78. The molecule has 0 saturated carbocycles. The number of hydrogen-bond acceptors (Lipinski definition) is 2. The maximum atomic E-state index is 13.7. The lowest BCUT2D eigenvalue weighted by Crippen LogP contribution is -2.01. The molecule has 0 aliphatic rings. The topological polar surface area (TPSA) is 17.1 Å². The Labute approximate surface area is 191 Å². The molecular weight excluding hydrogens is 415 g/mol. The number of unbranched alkanes of at least 4 members (excludes halogenated alkanes) is 2. The third kappa shape index (κ3) is 3.80. The van der Waals surface area contributed by atoms with Crippen LogP contribution >= 0.6 is 11.3 Å². The zero-order chi connectivity index (χ0) is 22.2. The van der Waals surface area contributed by atoms with Gasteiger partial charge in [0.15, 0.2) is 5.43 Å². The molecular formula is C29H27FOS. The molecule has 0 fully saturated rings. The monoisotopic (exact) mass is 442 g/mol. The van der Waals surface area contributed by atoms with E-state index < -0.39 is 0 Å². The zero-order valence-corrected chi connectivity index (χ0v) is 19.4. The molecule has 5 rings (SSSR count). The molecule has 0 aliphatic carbocycles. The van der Waals surface area contributed by atoms with Crippen LogP contribution in [0.15, 0.2) is 59.4 Å². The molecule has 4 aromatic carbocycles. The summed E-state index contributed by atoms with van der Waals surface area (Å²) in [6, 6.07) is 17.8. The van der Waals surface area contributed by atoms with Crippen molar-refractivity contribution < 1.29 is 4.39 Å². The molecule has 0 atom stereocenters. The molecule has 0 saturated heterocycles. The molecule has 162 valence electrons. The minimum absolute atomic E-state index is 0.0891. The molecule has 1 aromatic heterocycles. The third-order valence-corrected chi connectivity index (χ3v) is 7.60. The lowest BCUT2D eigenvalue weighted by Gasteiger charge is -2.13. The number of fused-ring (bicyclic) bond motifs is 4. The van der Waals surface area contributed by atoms with Crippen LogP contribution in [-0.4, -0.2) is 0 Å². The summed E-state index contributed by atoms with van der Waals surface area (Å²) in [5.41, 5.74) is 2.85. The standard InChI is InChI=1S/C29H27FOS/c1-3-5-7-18-11-20-13-22-15-25-28(32-27-10-9-24(30)17-26(27)29(25)31)16-23(22)14-21(20)12-19(18)8-6-4-2/h9-17H,3-8H2,1-2H3. The van der Waals surface area contributed by atoms with Gasteiger partial charge in [-0.25, -0.2) is 4.39 Å². The summed E-state index contributed by atoms with van der Waals surface area (Å²) in [7, 11) is 0. The van der Waals surface area contributed by atoms with E-state index in [0.717, 1.165) is 33.0 Å². The van der Waals surface area contributed by atoms with Crippen LogP contribution in [0.5, 0.6) is 0 Å². The van der Waals surface area contributed by atoms with Crippen LogP contribution in [0.25, 0.3) is 41.7 Å². The van der Waals surface area contributed by atoms with Gasteiger partial charge in [0, 0.05) is 20.2 Å². The van der Waals surface area contributed by atoms with Gasteiger partial charge in [-0.05, 0) is 101 Å². The van der Waals surface area contributed by atoms with Crippen molar-refractivity contribution >= 4 is 53.1 Å². The average molecular weight is 443 g/mol. The van der Waals surface area contributed by atoms with E-state index >= 15 is 0 Å². The van der Waals surface area contributed by atoms with Crippen molar-refractivity contribution in [3.8, 4) is 0 Å². The highest BCUT2D eigenvalue weighted by molar-refractivity contribution is 7.24. The number of benzene rings is 4. The van der Waals surface area contributed by atoms with Gasteiger partial charge in [0.2, 0.25) is 0 Å². The molecule has 0 bridgehead atoms. The third-order valence-electron chi connectivity index (χ3n) is 6.46. The van der Waals surface area contributed by atoms with Crippen molar-refractivity contribution in [1.29, 1.82) is 0 Å². The molecule has 0 aliphatic heterocycles. The van der Waals surface area contributed by atoms with Gasteiger partial charge in [-0.15, -0.1) is 11.3 Å². The van der Waals surface area contributed by atoms with Crippen molar-refractivity contribution in [3.05, 3.63) is 81.8 Å². The highest BCUT2D eigenvalue weighted by Crippen LogP contribution is 2.32.